The third kappa shape index (κ3) is 5.40. The smallest absolute Gasteiger partial charge is 0.324 e. The maximum atomic E-state index is 13.6. The van der Waals surface area contributed by atoms with Crippen molar-refractivity contribution in [3.8, 4) is 11.8 Å². The second kappa shape index (κ2) is 11.8. The summed E-state index contributed by atoms with van der Waals surface area (Å²) in [6.45, 7) is 6.97. The summed E-state index contributed by atoms with van der Waals surface area (Å²) in [5, 5.41) is 2.72. The minimum Gasteiger partial charge on any atom is -0.424 e. The van der Waals surface area contributed by atoms with Gasteiger partial charge in [0.1, 0.15) is 11.6 Å². The van der Waals surface area contributed by atoms with Crippen molar-refractivity contribution in [3.05, 3.63) is 100.0 Å². The first-order valence-electron chi connectivity index (χ1n) is 14.9. The lowest BCUT2D eigenvalue weighted by Gasteiger charge is -2.37. The van der Waals surface area contributed by atoms with Gasteiger partial charge < -0.3 is 24.2 Å². The number of piperazine rings is 1. The molecule has 1 amide bonds. The van der Waals surface area contributed by atoms with Gasteiger partial charge in [-0.2, -0.15) is 9.97 Å². The van der Waals surface area contributed by atoms with Gasteiger partial charge in [0.2, 0.25) is 0 Å². The number of likely N-dealkylation sites (N-methyl/N-ethyl adjacent to an activating group) is 1. The van der Waals surface area contributed by atoms with Crippen molar-refractivity contribution in [2.45, 2.75) is 32.1 Å². The van der Waals surface area contributed by atoms with E-state index in [-0.39, 0.29) is 12.1 Å². The minimum atomic E-state index is -0.945. The van der Waals surface area contributed by atoms with E-state index < -0.39 is 11.7 Å². The van der Waals surface area contributed by atoms with Gasteiger partial charge >= 0.3 is 6.01 Å². The minimum absolute atomic E-state index is 0.258. The van der Waals surface area contributed by atoms with Crippen LogP contribution in [-0.2, 0) is 35.5 Å². The predicted molar refractivity (Wildman–Crippen MR) is 168 cm³/mol. The Morgan fingerprint density at radius 3 is 2.59 bits per heavy atom. The first-order valence-corrected chi connectivity index (χ1v) is 15.3. The first kappa shape index (κ1) is 28.7. The molecule has 3 aromatic carbocycles. The number of fused-ring (bicyclic) bond motifs is 3. The summed E-state index contributed by atoms with van der Waals surface area (Å²) in [5.41, 5.74) is 5.18. The molecule has 1 atom stereocenters. The number of anilines is 1. The fourth-order valence-corrected chi connectivity index (χ4v) is 6.82. The van der Waals surface area contributed by atoms with Crippen LogP contribution < -0.4 is 9.64 Å². The number of hydrogen-bond donors (Lipinski definition) is 0. The molecular formula is C34H33ClFN5O3. The van der Waals surface area contributed by atoms with Crippen molar-refractivity contribution in [1.82, 2.24) is 19.8 Å². The molecule has 1 aromatic heterocycles. The van der Waals surface area contributed by atoms with E-state index in [9.17, 15) is 9.18 Å². The Morgan fingerprint density at radius 1 is 1.02 bits per heavy atom. The van der Waals surface area contributed by atoms with Crippen LogP contribution in [0.1, 0.15) is 34.1 Å². The van der Waals surface area contributed by atoms with E-state index in [1.54, 1.807) is 0 Å². The van der Waals surface area contributed by atoms with E-state index in [1.807, 2.05) is 30.3 Å². The maximum Gasteiger partial charge on any atom is 0.324 e. The normalized spacial score (nSPS) is 18.6. The van der Waals surface area contributed by atoms with Crippen molar-refractivity contribution >= 4 is 34.1 Å². The Kier molecular flexibility index (Phi) is 7.70. The Morgan fingerprint density at radius 2 is 1.80 bits per heavy atom. The summed E-state index contributed by atoms with van der Waals surface area (Å²) in [6, 6.07) is 18.4. The summed E-state index contributed by atoms with van der Waals surface area (Å²) >= 11 is 6.68. The number of ether oxygens (including phenoxy) is 2. The van der Waals surface area contributed by atoms with E-state index in [0.29, 0.717) is 44.2 Å². The highest BCUT2D eigenvalue weighted by molar-refractivity contribution is 6.35. The number of benzene rings is 3. The second-order valence-corrected chi connectivity index (χ2v) is 12.0. The van der Waals surface area contributed by atoms with Crippen LogP contribution >= 0.6 is 11.6 Å². The second-order valence-electron chi connectivity index (χ2n) is 11.6. The van der Waals surface area contributed by atoms with Gasteiger partial charge in [-0.3, -0.25) is 4.79 Å². The van der Waals surface area contributed by atoms with Crippen LogP contribution in [0.4, 0.5) is 10.2 Å². The van der Waals surface area contributed by atoms with Crippen molar-refractivity contribution in [3.63, 3.8) is 0 Å². The Bertz CT molecular complexity index is 1770. The van der Waals surface area contributed by atoms with Gasteiger partial charge in [-0.15, -0.1) is 0 Å². The number of carbonyl (C=O) groups is 1. The van der Waals surface area contributed by atoms with Crippen LogP contribution in [0.25, 0.3) is 10.8 Å². The van der Waals surface area contributed by atoms with Crippen LogP contribution in [-0.4, -0.2) is 65.4 Å². The maximum absolute atomic E-state index is 13.6. The van der Waals surface area contributed by atoms with Gasteiger partial charge in [-0.05, 0) is 42.1 Å². The number of amides is 1. The van der Waals surface area contributed by atoms with Gasteiger partial charge in [0.05, 0.1) is 18.4 Å². The largest absolute Gasteiger partial charge is 0.424 e. The number of aromatic nitrogens is 2. The summed E-state index contributed by atoms with van der Waals surface area (Å²) < 4.78 is 26.5. The monoisotopic (exact) mass is 613 g/mol. The van der Waals surface area contributed by atoms with Crippen LogP contribution in [0, 0.1) is 0 Å². The van der Waals surface area contributed by atoms with Crippen LogP contribution in [0.3, 0.4) is 0 Å². The van der Waals surface area contributed by atoms with Crippen LogP contribution in [0.5, 0.6) is 11.8 Å². The van der Waals surface area contributed by atoms with E-state index in [4.69, 9.17) is 31.0 Å². The van der Waals surface area contributed by atoms with Gasteiger partial charge in [0.15, 0.2) is 5.83 Å². The average Bonchev–Trinajstić information content (AvgIpc) is 3.03. The van der Waals surface area contributed by atoms with Gasteiger partial charge in [-0.25, -0.2) is 4.39 Å². The number of carbonyl (C=O) groups excluding carboxylic acids is 1. The first-order chi connectivity index (χ1) is 21.4. The fourth-order valence-electron chi connectivity index (χ4n) is 6.53. The summed E-state index contributed by atoms with van der Waals surface area (Å²) in [6.07, 6.45) is 1.14. The topological polar surface area (TPSA) is 71.0 Å². The summed E-state index contributed by atoms with van der Waals surface area (Å²) in [5.74, 6) is -0.130. The summed E-state index contributed by atoms with van der Waals surface area (Å²) in [4.78, 5) is 28.0. The molecule has 4 heterocycles. The highest BCUT2D eigenvalue weighted by Gasteiger charge is 2.32. The molecule has 226 valence electrons. The van der Waals surface area contributed by atoms with Crippen molar-refractivity contribution in [2.24, 2.45) is 0 Å². The zero-order chi connectivity index (χ0) is 30.4. The zero-order valence-electron chi connectivity index (χ0n) is 24.6. The molecule has 0 N–H and O–H groups in total. The van der Waals surface area contributed by atoms with Crippen molar-refractivity contribution < 1.29 is 18.7 Å². The highest BCUT2D eigenvalue weighted by Crippen LogP contribution is 2.40. The molecule has 0 aliphatic carbocycles. The van der Waals surface area contributed by atoms with Crippen molar-refractivity contribution in [2.75, 3.05) is 44.7 Å². The fraction of sp³-hybridized carbons (Fsp3) is 0.324. The van der Waals surface area contributed by atoms with Gasteiger partial charge in [-0.1, -0.05) is 60.6 Å². The third-order valence-electron chi connectivity index (χ3n) is 8.80. The van der Waals surface area contributed by atoms with Crippen molar-refractivity contribution in [1.29, 1.82) is 0 Å². The molecular weight excluding hydrogens is 581 g/mol. The molecule has 0 radical (unpaired) electrons. The molecule has 1 saturated heterocycles. The molecule has 44 heavy (non-hydrogen) atoms. The molecule has 3 aliphatic rings. The molecule has 3 aliphatic heterocycles. The molecule has 0 spiro atoms. The Labute approximate surface area is 260 Å². The Hall–Kier alpha value is -4.05. The molecule has 1 unspecified atom stereocenters. The number of halogens is 2. The number of hydrogen-bond acceptors (Lipinski definition) is 7. The lowest BCUT2D eigenvalue weighted by atomic mass is 9.94. The lowest BCUT2D eigenvalue weighted by Crippen LogP contribution is -2.49. The predicted octanol–water partition coefficient (Wildman–Crippen LogP) is 6.01. The van der Waals surface area contributed by atoms with Crippen LogP contribution in [0.15, 0.2) is 67.0 Å². The number of nitrogens with zero attached hydrogens (tertiary/aromatic N) is 5. The molecule has 10 heteroatoms. The van der Waals surface area contributed by atoms with E-state index in [1.165, 1.54) is 16.0 Å². The number of rotatable bonds is 5. The lowest BCUT2D eigenvalue weighted by molar-refractivity contribution is -0.128. The van der Waals surface area contributed by atoms with Crippen LogP contribution in [0.2, 0.25) is 5.02 Å². The highest BCUT2D eigenvalue weighted by atomic mass is 35.5. The average molecular weight is 614 g/mol. The third-order valence-corrected chi connectivity index (χ3v) is 9.12. The SMILES string of the molecule is C=C(F)C(=O)N1CCN(c2nc(Oc3cccc4c3CCN(C)C4)nc3c2COC(c2cccc4cccc(Cl)c24)C3)CC1. The molecule has 8 nitrogen and oxygen atoms in total. The standard InChI is InChI=1S/C34H33ClFN5O3/c1-21(36)33(42)41-16-14-40(15-17-41)32-26-20-43-30(25-9-3-6-22-7-4-10-27(35)31(22)25)18-28(26)37-34(38-32)44-29-11-5-8-23-19-39(2)13-12-24(23)29/h3-11,30H,1,12-20H2,2H3. The van der Waals surface area contributed by atoms with Gasteiger partial charge in [0, 0.05) is 67.2 Å². The molecule has 1 fully saturated rings. The molecule has 0 saturated carbocycles. The zero-order valence-corrected chi connectivity index (χ0v) is 25.3. The van der Waals surface area contributed by atoms with E-state index in [2.05, 4.69) is 47.7 Å². The van der Waals surface area contributed by atoms with Gasteiger partial charge in [0.25, 0.3) is 5.91 Å². The molecule has 7 rings (SSSR count). The van der Waals surface area contributed by atoms with E-state index >= 15 is 0 Å². The quantitative estimate of drug-likeness (QED) is 0.255. The molecule has 4 aromatic rings. The molecule has 0 bridgehead atoms. The Balaban J connectivity index is 1.25. The van der Waals surface area contributed by atoms with E-state index in [0.717, 1.165) is 58.7 Å². The summed E-state index contributed by atoms with van der Waals surface area (Å²) in [7, 11) is 2.12.